The molecule has 3 heterocycles. The van der Waals surface area contributed by atoms with E-state index in [1.807, 2.05) is 19.2 Å². The summed E-state index contributed by atoms with van der Waals surface area (Å²) < 4.78 is 22.4. The fraction of sp³-hybridized carbons (Fsp3) is 0.350. The molecule has 0 bridgehead atoms. The number of nitrogens with one attached hydrogen (secondary N) is 3. The third-order valence-corrected chi connectivity index (χ3v) is 4.95. The van der Waals surface area contributed by atoms with E-state index >= 15 is 4.39 Å². The van der Waals surface area contributed by atoms with Crippen molar-refractivity contribution in [2.75, 3.05) is 31.3 Å². The van der Waals surface area contributed by atoms with Gasteiger partial charge in [0.05, 0.1) is 19.0 Å². The van der Waals surface area contributed by atoms with Gasteiger partial charge in [0, 0.05) is 36.6 Å². The molecule has 152 valence electrons. The van der Waals surface area contributed by atoms with Gasteiger partial charge in [-0.1, -0.05) is 0 Å². The second-order valence-electron chi connectivity index (χ2n) is 6.94. The molecule has 0 amide bonds. The standard InChI is InChI=1S/C20H24FN7O/c1-12-9-17(22-2)27-20(25-12)26-15-6-7-16(29-3)19(18(15)21)28-11-13(10-24-28)14-5-4-8-23-14/h6-7,9-11,14,23H,4-5,8H2,1-3H3,(H2,22,25,26,27)/t14-/m0/s1. The van der Waals surface area contributed by atoms with Gasteiger partial charge in [0.15, 0.2) is 5.82 Å². The smallest absolute Gasteiger partial charge is 0.229 e. The molecule has 1 aliphatic heterocycles. The molecule has 2 aromatic heterocycles. The Hall–Kier alpha value is -3.20. The van der Waals surface area contributed by atoms with Crippen molar-refractivity contribution in [1.82, 2.24) is 25.1 Å². The summed E-state index contributed by atoms with van der Waals surface area (Å²) in [5, 5.41) is 13.7. The van der Waals surface area contributed by atoms with Crippen molar-refractivity contribution in [2.45, 2.75) is 25.8 Å². The van der Waals surface area contributed by atoms with E-state index in [1.165, 1.54) is 11.8 Å². The van der Waals surface area contributed by atoms with Crippen LogP contribution in [0.5, 0.6) is 5.75 Å². The molecule has 1 atom stereocenters. The average Bonchev–Trinajstić information content (AvgIpc) is 3.40. The van der Waals surface area contributed by atoms with Crippen molar-refractivity contribution < 1.29 is 9.13 Å². The van der Waals surface area contributed by atoms with Crippen LogP contribution in [-0.4, -0.2) is 40.5 Å². The quantitative estimate of drug-likeness (QED) is 0.588. The van der Waals surface area contributed by atoms with Crippen LogP contribution in [0.1, 0.15) is 30.1 Å². The first-order chi connectivity index (χ1) is 14.1. The molecule has 1 saturated heterocycles. The summed E-state index contributed by atoms with van der Waals surface area (Å²) in [6.07, 6.45) is 5.78. The normalized spacial score (nSPS) is 16.1. The predicted molar refractivity (Wildman–Crippen MR) is 110 cm³/mol. The van der Waals surface area contributed by atoms with Gasteiger partial charge in [0.1, 0.15) is 17.3 Å². The Balaban J connectivity index is 1.70. The van der Waals surface area contributed by atoms with Crippen molar-refractivity contribution >= 4 is 17.5 Å². The minimum absolute atomic E-state index is 0.239. The number of hydrogen-bond acceptors (Lipinski definition) is 7. The van der Waals surface area contributed by atoms with Crippen LogP contribution in [0.4, 0.5) is 21.8 Å². The fourth-order valence-corrected chi connectivity index (χ4v) is 3.50. The highest BCUT2D eigenvalue weighted by atomic mass is 19.1. The molecule has 3 aromatic rings. The molecule has 3 N–H and O–H groups in total. The molecule has 9 heteroatoms. The molecular formula is C20H24FN7O. The van der Waals surface area contributed by atoms with Crippen molar-refractivity contribution in [3.05, 3.63) is 47.7 Å². The summed E-state index contributed by atoms with van der Waals surface area (Å²) in [6, 6.07) is 5.36. The Labute approximate surface area is 168 Å². The van der Waals surface area contributed by atoms with Gasteiger partial charge in [0.25, 0.3) is 0 Å². The van der Waals surface area contributed by atoms with E-state index in [0.717, 1.165) is 30.6 Å². The molecule has 4 rings (SSSR count). The first-order valence-electron chi connectivity index (χ1n) is 9.54. The van der Waals surface area contributed by atoms with Gasteiger partial charge in [-0.3, -0.25) is 0 Å². The SMILES string of the molecule is CNc1cc(C)nc(Nc2ccc(OC)c(-n3cc([C@@H]4CCCN4)cn3)c2F)n1. The van der Waals surface area contributed by atoms with Crippen LogP contribution in [0.3, 0.4) is 0 Å². The Morgan fingerprint density at radius 2 is 2.17 bits per heavy atom. The first kappa shape index (κ1) is 19.1. The monoisotopic (exact) mass is 397 g/mol. The maximum Gasteiger partial charge on any atom is 0.229 e. The highest BCUT2D eigenvalue weighted by molar-refractivity contribution is 5.64. The Kier molecular flexibility index (Phi) is 5.30. The topological polar surface area (TPSA) is 88.9 Å². The van der Waals surface area contributed by atoms with E-state index in [2.05, 4.69) is 31.0 Å². The molecule has 29 heavy (non-hydrogen) atoms. The number of halogens is 1. The minimum Gasteiger partial charge on any atom is -0.494 e. The molecule has 0 aliphatic carbocycles. The molecule has 8 nitrogen and oxygen atoms in total. The average molecular weight is 397 g/mol. The van der Waals surface area contributed by atoms with Crippen molar-refractivity contribution in [1.29, 1.82) is 0 Å². The lowest BCUT2D eigenvalue weighted by atomic mass is 10.1. The van der Waals surface area contributed by atoms with Crippen LogP contribution in [0, 0.1) is 12.7 Å². The third kappa shape index (κ3) is 3.86. The van der Waals surface area contributed by atoms with E-state index in [0.29, 0.717) is 17.5 Å². The van der Waals surface area contributed by atoms with E-state index in [1.54, 1.807) is 25.4 Å². The van der Waals surface area contributed by atoms with Crippen molar-refractivity contribution in [3.8, 4) is 11.4 Å². The largest absolute Gasteiger partial charge is 0.494 e. The summed E-state index contributed by atoms with van der Waals surface area (Å²) in [5.74, 6) is 0.855. The zero-order valence-electron chi connectivity index (χ0n) is 16.7. The Bertz CT molecular complexity index is 1010. The zero-order valence-corrected chi connectivity index (χ0v) is 16.7. The van der Waals surface area contributed by atoms with Crippen LogP contribution in [0.25, 0.3) is 5.69 Å². The lowest BCUT2D eigenvalue weighted by molar-refractivity contribution is 0.407. The van der Waals surface area contributed by atoms with E-state index < -0.39 is 5.82 Å². The predicted octanol–water partition coefficient (Wildman–Crippen LogP) is 3.33. The number of methoxy groups -OCH3 is 1. The maximum absolute atomic E-state index is 15.5. The van der Waals surface area contributed by atoms with Gasteiger partial charge in [-0.05, 0) is 38.4 Å². The van der Waals surface area contributed by atoms with E-state index in [-0.39, 0.29) is 17.4 Å². The van der Waals surface area contributed by atoms with Gasteiger partial charge in [-0.15, -0.1) is 0 Å². The van der Waals surface area contributed by atoms with E-state index in [9.17, 15) is 0 Å². The maximum atomic E-state index is 15.5. The van der Waals surface area contributed by atoms with Gasteiger partial charge in [-0.2, -0.15) is 10.1 Å². The second-order valence-corrected chi connectivity index (χ2v) is 6.94. The minimum atomic E-state index is -0.491. The van der Waals surface area contributed by atoms with Crippen LogP contribution in [-0.2, 0) is 0 Å². The number of nitrogens with zero attached hydrogens (tertiary/aromatic N) is 4. The summed E-state index contributed by atoms with van der Waals surface area (Å²) in [6.45, 7) is 2.84. The number of benzene rings is 1. The van der Waals surface area contributed by atoms with Gasteiger partial charge >= 0.3 is 0 Å². The van der Waals surface area contributed by atoms with Crippen LogP contribution in [0.15, 0.2) is 30.6 Å². The second kappa shape index (κ2) is 8.04. The summed E-state index contributed by atoms with van der Waals surface area (Å²) in [5.41, 5.74) is 2.28. The summed E-state index contributed by atoms with van der Waals surface area (Å²) >= 11 is 0. The highest BCUT2D eigenvalue weighted by Gasteiger charge is 2.21. The zero-order chi connectivity index (χ0) is 20.4. The number of anilines is 3. The lowest BCUT2D eigenvalue weighted by Gasteiger charge is -2.14. The van der Waals surface area contributed by atoms with Crippen molar-refractivity contribution in [3.63, 3.8) is 0 Å². The van der Waals surface area contributed by atoms with Crippen LogP contribution in [0.2, 0.25) is 0 Å². The number of ether oxygens (including phenoxy) is 1. The van der Waals surface area contributed by atoms with Gasteiger partial charge in [0.2, 0.25) is 5.95 Å². The summed E-state index contributed by atoms with van der Waals surface area (Å²) in [7, 11) is 3.28. The first-order valence-corrected chi connectivity index (χ1v) is 9.54. The lowest BCUT2D eigenvalue weighted by Crippen LogP contribution is -2.12. The molecule has 1 aromatic carbocycles. The number of rotatable bonds is 6. The fourth-order valence-electron chi connectivity index (χ4n) is 3.50. The highest BCUT2D eigenvalue weighted by Crippen LogP contribution is 2.33. The molecule has 0 radical (unpaired) electrons. The molecule has 1 fully saturated rings. The van der Waals surface area contributed by atoms with Crippen molar-refractivity contribution in [2.24, 2.45) is 0 Å². The van der Waals surface area contributed by atoms with Crippen LogP contribution >= 0.6 is 0 Å². The third-order valence-electron chi connectivity index (χ3n) is 4.95. The van der Waals surface area contributed by atoms with Gasteiger partial charge in [-0.25, -0.2) is 14.1 Å². The Morgan fingerprint density at radius 3 is 2.90 bits per heavy atom. The van der Waals surface area contributed by atoms with Gasteiger partial charge < -0.3 is 20.7 Å². The molecular weight excluding hydrogens is 373 g/mol. The molecule has 1 aliphatic rings. The number of aryl methyl sites for hydroxylation is 1. The van der Waals surface area contributed by atoms with Crippen LogP contribution < -0.4 is 20.7 Å². The molecule has 0 spiro atoms. The Morgan fingerprint density at radius 1 is 1.31 bits per heavy atom. The molecule has 0 saturated carbocycles. The van der Waals surface area contributed by atoms with E-state index in [4.69, 9.17) is 4.74 Å². The number of aromatic nitrogens is 4. The number of hydrogen-bond donors (Lipinski definition) is 3. The summed E-state index contributed by atoms with van der Waals surface area (Å²) in [4.78, 5) is 8.66. The molecule has 0 unspecified atom stereocenters.